The van der Waals surface area contributed by atoms with Crippen LogP contribution in [0.25, 0.3) is 17.0 Å². The molecule has 0 bridgehead atoms. The number of anilines is 1. The maximum Gasteiger partial charge on any atom is 0.371 e. The zero-order valence-corrected chi connectivity index (χ0v) is 18.1. The first-order valence-electron chi connectivity index (χ1n) is 10.3. The largest absolute Gasteiger partial charge is 0.475 e. The summed E-state index contributed by atoms with van der Waals surface area (Å²) in [4.78, 5) is 23.9. The van der Waals surface area contributed by atoms with Crippen LogP contribution in [-0.4, -0.2) is 21.6 Å². The number of hydrogen-bond donors (Lipinski definition) is 2. The number of nitrogens with zero attached hydrogens (tertiary/aromatic N) is 2. The Hall–Kier alpha value is -4.57. The summed E-state index contributed by atoms with van der Waals surface area (Å²) in [7, 11) is 0. The molecule has 0 aliphatic carbocycles. The molecule has 7 nitrogen and oxygen atoms in total. The zero-order chi connectivity index (χ0) is 23.5. The van der Waals surface area contributed by atoms with E-state index in [-0.39, 0.29) is 11.3 Å². The van der Waals surface area contributed by atoms with Crippen LogP contribution in [0.1, 0.15) is 33.0 Å². The lowest BCUT2D eigenvalue weighted by molar-refractivity contribution is -0.112. The fraction of sp³-hybridized carbons (Fsp3) is 0.115. The van der Waals surface area contributed by atoms with Crippen LogP contribution in [0.4, 0.5) is 5.69 Å². The normalized spacial score (nSPS) is 11.4. The predicted octanol–water partition coefficient (Wildman–Crippen LogP) is 5.14. The Morgan fingerprint density at radius 1 is 1.12 bits per heavy atom. The van der Waals surface area contributed by atoms with Crippen LogP contribution in [0, 0.1) is 25.2 Å². The molecule has 0 spiro atoms. The molecule has 0 unspecified atom stereocenters. The van der Waals surface area contributed by atoms with Gasteiger partial charge in [0.25, 0.3) is 5.91 Å². The first kappa shape index (κ1) is 21.7. The molecule has 0 fully saturated rings. The maximum absolute atomic E-state index is 12.8. The van der Waals surface area contributed by atoms with Crippen molar-refractivity contribution in [1.82, 2.24) is 4.57 Å². The molecule has 0 aliphatic heterocycles. The van der Waals surface area contributed by atoms with E-state index in [0.29, 0.717) is 23.6 Å². The van der Waals surface area contributed by atoms with E-state index in [0.717, 1.165) is 22.0 Å². The van der Waals surface area contributed by atoms with Gasteiger partial charge in [0.15, 0.2) is 0 Å². The minimum atomic E-state index is -1.13. The number of benzene rings is 2. The van der Waals surface area contributed by atoms with Crippen LogP contribution in [0.3, 0.4) is 0 Å². The minimum absolute atomic E-state index is 0.0232. The number of nitriles is 1. The van der Waals surface area contributed by atoms with Gasteiger partial charge in [-0.15, -0.1) is 0 Å². The number of furan rings is 1. The summed E-state index contributed by atoms with van der Waals surface area (Å²) in [6, 6.07) is 18.2. The summed E-state index contributed by atoms with van der Waals surface area (Å²) >= 11 is 0. The topological polar surface area (TPSA) is 108 Å². The Bertz CT molecular complexity index is 1450. The molecule has 2 aromatic carbocycles. The van der Waals surface area contributed by atoms with Crippen LogP contribution in [-0.2, 0) is 11.3 Å². The third-order valence-corrected chi connectivity index (χ3v) is 5.54. The van der Waals surface area contributed by atoms with Crippen molar-refractivity contribution in [2.75, 3.05) is 5.32 Å². The molecule has 164 valence electrons. The van der Waals surface area contributed by atoms with Crippen LogP contribution in [0.2, 0.25) is 0 Å². The Morgan fingerprint density at radius 3 is 2.64 bits per heavy atom. The number of para-hydroxylation sites is 1. The number of carboxylic acid groups (broad SMARTS) is 1. The fourth-order valence-corrected chi connectivity index (χ4v) is 3.65. The monoisotopic (exact) mass is 439 g/mol. The maximum atomic E-state index is 12.8. The Balaban J connectivity index is 1.68. The molecule has 0 saturated carbocycles. The van der Waals surface area contributed by atoms with Crippen molar-refractivity contribution in [2.24, 2.45) is 0 Å². The van der Waals surface area contributed by atoms with Gasteiger partial charge >= 0.3 is 5.97 Å². The van der Waals surface area contributed by atoms with Gasteiger partial charge in [0, 0.05) is 28.4 Å². The number of carbonyl (C=O) groups is 2. The highest BCUT2D eigenvalue weighted by molar-refractivity contribution is 6.11. The van der Waals surface area contributed by atoms with Crippen molar-refractivity contribution in [2.45, 2.75) is 20.4 Å². The van der Waals surface area contributed by atoms with E-state index in [2.05, 4.69) is 5.32 Å². The lowest BCUT2D eigenvalue weighted by atomic mass is 10.1. The molecular formula is C26H21N3O4. The van der Waals surface area contributed by atoms with Crippen molar-refractivity contribution in [3.8, 4) is 6.07 Å². The molecular weight excluding hydrogens is 418 g/mol. The first-order chi connectivity index (χ1) is 15.9. The van der Waals surface area contributed by atoms with Gasteiger partial charge in [-0.25, -0.2) is 4.79 Å². The van der Waals surface area contributed by atoms with Gasteiger partial charge in [-0.2, -0.15) is 5.26 Å². The molecule has 0 radical (unpaired) electrons. The van der Waals surface area contributed by atoms with E-state index in [9.17, 15) is 14.9 Å². The highest BCUT2D eigenvalue weighted by Crippen LogP contribution is 2.26. The second-order valence-corrected chi connectivity index (χ2v) is 7.67. The van der Waals surface area contributed by atoms with E-state index >= 15 is 0 Å². The summed E-state index contributed by atoms with van der Waals surface area (Å²) < 4.78 is 7.27. The number of fused-ring (bicyclic) bond motifs is 1. The standard InChI is InChI=1S/C26H21N3O4/c1-16-6-5-8-22(17(16)2)28-25(30)18(13-27)12-19-14-29(23-9-4-3-7-21(19)23)15-20-10-11-24(33-20)26(31)32/h3-12,14H,15H2,1-2H3,(H,28,30)(H,31,32)/b18-12-. The average molecular weight is 439 g/mol. The van der Waals surface area contributed by atoms with Gasteiger partial charge in [0.1, 0.15) is 17.4 Å². The Morgan fingerprint density at radius 2 is 1.91 bits per heavy atom. The fourth-order valence-electron chi connectivity index (χ4n) is 3.65. The molecule has 0 aliphatic rings. The van der Waals surface area contributed by atoms with Crippen LogP contribution in [0.15, 0.2) is 70.8 Å². The number of aromatic nitrogens is 1. The molecule has 1 amide bonds. The molecule has 2 aromatic heterocycles. The molecule has 7 heteroatoms. The zero-order valence-electron chi connectivity index (χ0n) is 18.1. The predicted molar refractivity (Wildman–Crippen MR) is 125 cm³/mol. The smallest absolute Gasteiger partial charge is 0.371 e. The number of aromatic carboxylic acids is 1. The van der Waals surface area contributed by atoms with Crippen molar-refractivity contribution in [1.29, 1.82) is 5.26 Å². The van der Waals surface area contributed by atoms with Crippen LogP contribution >= 0.6 is 0 Å². The SMILES string of the molecule is Cc1cccc(NC(=O)/C(C#N)=C\c2cn(Cc3ccc(C(=O)O)o3)c3ccccc23)c1C. The molecule has 4 aromatic rings. The second-order valence-electron chi connectivity index (χ2n) is 7.67. The van der Waals surface area contributed by atoms with Crippen molar-refractivity contribution in [3.63, 3.8) is 0 Å². The Kier molecular flexibility index (Phi) is 5.83. The Labute approximate surface area is 190 Å². The summed E-state index contributed by atoms with van der Waals surface area (Å²) in [6.45, 7) is 4.18. The number of rotatable bonds is 6. The van der Waals surface area contributed by atoms with Crippen LogP contribution in [0.5, 0.6) is 0 Å². The van der Waals surface area contributed by atoms with Gasteiger partial charge in [0.05, 0.1) is 6.54 Å². The summed E-state index contributed by atoms with van der Waals surface area (Å²) in [5.74, 6) is -1.26. The lowest BCUT2D eigenvalue weighted by Crippen LogP contribution is -2.14. The minimum Gasteiger partial charge on any atom is -0.475 e. The van der Waals surface area contributed by atoms with Gasteiger partial charge in [0.2, 0.25) is 5.76 Å². The lowest BCUT2D eigenvalue weighted by Gasteiger charge is -2.09. The van der Waals surface area contributed by atoms with Gasteiger partial charge in [-0.1, -0.05) is 30.3 Å². The molecule has 4 rings (SSSR count). The van der Waals surface area contributed by atoms with E-state index in [1.165, 1.54) is 6.07 Å². The molecule has 2 N–H and O–H groups in total. The number of carbonyl (C=O) groups excluding carboxylic acids is 1. The second kappa shape index (κ2) is 8.89. The number of carboxylic acids is 1. The number of amides is 1. The summed E-state index contributed by atoms with van der Waals surface area (Å²) in [5, 5.41) is 22.4. The van der Waals surface area contributed by atoms with Gasteiger partial charge in [-0.05, 0) is 55.3 Å². The third-order valence-electron chi connectivity index (χ3n) is 5.54. The quantitative estimate of drug-likeness (QED) is 0.319. The van der Waals surface area contributed by atoms with Crippen LogP contribution < -0.4 is 5.32 Å². The van der Waals surface area contributed by atoms with E-state index in [1.807, 2.05) is 67.1 Å². The molecule has 0 saturated heterocycles. The van der Waals surface area contributed by atoms with Crippen molar-refractivity contribution < 1.29 is 19.1 Å². The number of nitrogens with one attached hydrogen (secondary N) is 1. The first-order valence-corrected chi connectivity index (χ1v) is 10.3. The van der Waals surface area contributed by atoms with Crippen molar-refractivity contribution >= 4 is 34.5 Å². The average Bonchev–Trinajstić information content (AvgIpc) is 3.41. The highest BCUT2D eigenvalue weighted by Gasteiger charge is 2.15. The van der Waals surface area contributed by atoms with E-state index in [4.69, 9.17) is 9.52 Å². The van der Waals surface area contributed by atoms with Gasteiger partial charge in [-0.3, -0.25) is 4.79 Å². The summed E-state index contributed by atoms with van der Waals surface area (Å²) in [5.41, 5.74) is 4.19. The molecule has 2 heterocycles. The van der Waals surface area contributed by atoms with E-state index < -0.39 is 11.9 Å². The van der Waals surface area contributed by atoms with Gasteiger partial charge < -0.3 is 19.4 Å². The molecule has 0 atom stereocenters. The highest BCUT2D eigenvalue weighted by atomic mass is 16.4. The third kappa shape index (κ3) is 4.41. The number of aryl methyl sites for hydroxylation is 1. The molecule has 33 heavy (non-hydrogen) atoms. The van der Waals surface area contributed by atoms with Crippen molar-refractivity contribution in [3.05, 3.63) is 94.6 Å². The summed E-state index contributed by atoms with van der Waals surface area (Å²) in [6.07, 6.45) is 3.38. The number of hydrogen-bond acceptors (Lipinski definition) is 4. The van der Waals surface area contributed by atoms with E-state index in [1.54, 1.807) is 18.2 Å².